The van der Waals surface area contributed by atoms with Crippen LogP contribution >= 0.6 is 23.2 Å². The van der Waals surface area contributed by atoms with E-state index in [4.69, 9.17) is 32.7 Å². The highest BCUT2D eigenvalue weighted by molar-refractivity contribution is 6.30. The molecular formula is C32H30Cl2N2O4. The number of rotatable bonds is 9. The molecule has 0 aromatic heterocycles. The first-order chi connectivity index (χ1) is 19.1. The second kappa shape index (κ2) is 12.9. The molecule has 0 heterocycles. The third kappa shape index (κ3) is 7.56. The molecule has 4 rings (SSSR count). The van der Waals surface area contributed by atoms with Crippen LogP contribution in [0.3, 0.4) is 0 Å². The Bertz CT molecular complexity index is 1390. The molecule has 4 aromatic rings. The molecular weight excluding hydrogens is 547 g/mol. The first-order valence-electron chi connectivity index (χ1n) is 12.8. The van der Waals surface area contributed by atoms with Crippen LogP contribution in [-0.4, -0.2) is 24.0 Å². The van der Waals surface area contributed by atoms with E-state index in [0.717, 1.165) is 22.3 Å². The zero-order valence-corrected chi connectivity index (χ0v) is 24.1. The third-order valence-electron chi connectivity index (χ3n) is 6.29. The predicted molar refractivity (Wildman–Crippen MR) is 162 cm³/mol. The maximum atomic E-state index is 12.7. The zero-order chi connectivity index (χ0) is 28.8. The van der Waals surface area contributed by atoms with Crippen molar-refractivity contribution < 1.29 is 19.1 Å². The largest absolute Gasteiger partial charge is 0.481 e. The molecule has 4 aromatic carbocycles. The summed E-state index contributed by atoms with van der Waals surface area (Å²) in [5.41, 5.74) is 5.20. The van der Waals surface area contributed by atoms with E-state index >= 15 is 0 Å². The smallest absolute Gasteiger partial charge is 0.265 e. The van der Waals surface area contributed by atoms with Crippen LogP contribution in [0.2, 0.25) is 10.0 Å². The maximum Gasteiger partial charge on any atom is 0.265 e. The average molecular weight is 578 g/mol. The lowest BCUT2D eigenvalue weighted by molar-refractivity contribution is -0.122. The summed E-state index contributed by atoms with van der Waals surface area (Å²) in [6.07, 6.45) is -1.38. The molecule has 0 saturated carbocycles. The molecule has 6 nitrogen and oxygen atoms in total. The highest BCUT2D eigenvalue weighted by Crippen LogP contribution is 2.29. The highest BCUT2D eigenvalue weighted by atomic mass is 35.5. The number of amides is 2. The number of anilines is 2. The molecule has 0 saturated heterocycles. The summed E-state index contributed by atoms with van der Waals surface area (Å²) in [7, 11) is 0. The molecule has 2 N–H and O–H groups in total. The van der Waals surface area contributed by atoms with E-state index in [-0.39, 0.29) is 11.8 Å². The van der Waals surface area contributed by atoms with Crippen LogP contribution in [0.15, 0.2) is 84.9 Å². The molecule has 2 amide bonds. The fourth-order valence-electron chi connectivity index (χ4n) is 3.98. The van der Waals surface area contributed by atoms with Crippen molar-refractivity contribution >= 4 is 46.4 Å². The van der Waals surface area contributed by atoms with Gasteiger partial charge < -0.3 is 20.1 Å². The first-order valence-corrected chi connectivity index (χ1v) is 13.5. The van der Waals surface area contributed by atoms with Gasteiger partial charge in [0.05, 0.1) is 0 Å². The standard InChI is InChI=1S/C32H30Cl2N2O4/c1-19-17-23(5-15-29(19)35-31(37)21(3)39-27-11-7-25(33)8-12-27)24-6-16-30(20(2)18-24)36-32(38)22(4)40-28-13-9-26(34)10-14-28/h5-18,21-22H,1-4H3,(H,35,37)(H,36,38). The Kier molecular flexibility index (Phi) is 9.35. The Hall–Kier alpha value is -4.00. The van der Waals surface area contributed by atoms with Crippen LogP contribution in [0.1, 0.15) is 25.0 Å². The lowest BCUT2D eigenvalue weighted by Gasteiger charge is -2.17. The summed E-state index contributed by atoms with van der Waals surface area (Å²) in [5, 5.41) is 7.08. The predicted octanol–water partition coefficient (Wildman–Crippen LogP) is 8.09. The van der Waals surface area contributed by atoms with Gasteiger partial charge in [-0.3, -0.25) is 9.59 Å². The van der Waals surface area contributed by atoms with Gasteiger partial charge in [0.15, 0.2) is 12.2 Å². The number of hydrogen-bond acceptors (Lipinski definition) is 4. The average Bonchev–Trinajstić information content (AvgIpc) is 2.93. The Labute approximate surface area is 244 Å². The van der Waals surface area contributed by atoms with Crippen LogP contribution in [0.25, 0.3) is 11.1 Å². The van der Waals surface area contributed by atoms with Gasteiger partial charge in [0.2, 0.25) is 0 Å². The van der Waals surface area contributed by atoms with Crippen LogP contribution in [0, 0.1) is 13.8 Å². The second-order valence-corrected chi connectivity index (χ2v) is 10.3. The van der Waals surface area contributed by atoms with E-state index in [9.17, 15) is 9.59 Å². The molecule has 0 aliphatic heterocycles. The molecule has 0 spiro atoms. The zero-order valence-electron chi connectivity index (χ0n) is 22.6. The van der Waals surface area contributed by atoms with Crippen molar-refractivity contribution in [3.8, 4) is 22.6 Å². The van der Waals surface area contributed by atoms with Gasteiger partial charge in [0, 0.05) is 21.4 Å². The van der Waals surface area contributed by atoms with Gasteiger partial charge in [-0.15, -0.1) is 0 Å². The topological polar surface area (TPSA) is 76.7 Å². The number of nitrogens with one attached hydrogen (secondary N) is 2. The van der Waals surface area contributed by atoms with Crippen molar-refractivity contribution in [1.29, 1.82) is 0 Å². The van der Waals surface area contributed by atoms with E-state index in [0.29, 0.717) is 32.9 Å². The molecule has 2 atom stereocenters. The van der Waals surface area contributed by atoms with Gasteiger partial charge in [-0.1, -0.05) is 35.3 Å². The minimum atomic E-state index is -0.690. The third-order valence-corrected chi connectivity index (χ3v) is 6.80. The van der Waals surface area contributed by atoms with Gasteiger partial charge in [-0.2, -0.15) is 0 Å². The van der Waals surface area contributed by atoms with Crippen LogP contribution in [0.4, 0.5) is 11.4 Å². The quantitative estimate of drug-likeness (QED) is 0.211. The SMILES string of the molecule is Cc1cc(-c2ccc(NC(=O)C(C)Oc3ccc(Cl)cc3)c(C)c2)ccc1NC(=O)C(C)Oc1ccc(Cl)cc1. The lowest BCUT2D eigenvalue weighted by atomic mass is 9.99. The summed E-state index contributed by atoms with van der Waals surface area (Å²) < 4.78 is 11.4. The van der Waals surface area contributed by atoms with Crippen LogP contribution < -0.4 is 20.1 Å². The normalized spacial score (nSPS) is 12.2. The highest BCUT2D eigenvalue weighted by Gasteiger charge is 2.18. The number of hydrogen-bond donors (Lipinski definition) is 2. The van der Waals surface area contributed by atoms with E-state index in [1.54, 1.807) is 62.4 Å². The summed E-state index contributed by atoms with van der Waals surface area (Å²) in [5.74, 6) is 0.627. The molecule has 40 heavy (non-hydrogen) atoms. The van der Waals surface area contributed by atoms with Gasteiger partial charge in [-0.05, 0) is 123 Å². The number of benzene rings is 4. The number of carbonyl (C=O) groups excluding carboxylic acids is 2. The van der Waals surface area contributed by atoms with Gasteiger partial charge >= 0.3 is 0 Å². The molecule has 0 radical (unpaired) electrons. The van der Waals surface area contributed by atoms with Crippen molar-refractivity contribution in [3.05, 3.63) is 106 Å². The summed E-state index contributed by atoms with van der Waals surface area (Å²) >= 11 is 11.8. The number of ether oxygens (including phenoxy) is 2. The van der Waals surface area contributed by atoms with Crippen molar-refractivity contribution in [2.24, 2.45) is 0 Å². The Morgan fingerprint density at radius 2 is 0.950 bits per heavy atom. The number of halogens is 2. The summed E-state index contributed by atoms with van der Waals surface area (Å²) in [6.45, 7) is 7.27. The minimum absolute atomic E-state index is 0.254. The molecule has 0 aliphatic carbocycles. The molecule has 206 valence electrons. The molecule has 0 aliphatic rings. The molecule has 2 unspecified atom stereocenters. The molecule has 8 heteroatoms. The maximum absolute atomic E-state index is 12.7. The summed E-state index contributed by atoms with van der Waals surface area (Å²) in [4.78, 5) is 25.4. The van der Waals surface area contributed by atoms with Gasteiger partial charge in [-0.25, -0.2) is 0 Å². The monoisotopic (exact) mass is 576 g/mol. The van der Waals surface area contributed by atoms with Gasteiger partial charge in [0.1, 0.15) is 11.5 Å². The van der Waals surface area contributed by atoms with Crippen molar-refractivity contribution in [1.82, 2.24) is 0 Å². The van der Waals surface area contributed by atoms with Crippen LogP contribution in [-0.2, 0) is 9.59 Å². The Morgan fingerprint density at radius 1 is 0.600 bits per heavy atom. The fourth-order valence-corrected chi connectivity index (χ4v) is 4.23. The first kappa shape index (κ1) is 29.0. The number of carbonyl (C=O) groups is 2. The van der Waals surface area contributed by atoms with E-state index in [1.807, 2.05) is 50.2 Å². The van der Waals surface area contributed by atoms with E-state index in [1.165, 1.54) is 0 Å². The Balaban J connectivity index is 1.38. The van der Waals surface area contributed by atoms with Crippen molar-refractivity contribution in [2.75, 3.05) is 10.6 Å². The molecule has 0 bridgehead atoms. The van der Waals surface area contributed by atoms with E-state index < -0.39 is 12.2 Å². The molecule has 0 fully saturated rings. The lowest BCUT2D eigenvalue weighted by Crippen LogP contribution is -2.30. The number of aryl methyl sites for hydroxylation is 2. The Morgan fingerprint density at radius 3 is 1.27 bits per heavy atom. The van der Waals surface area contributed by atoms with E-state index in [2.05, 4.69) is 10.6 Å². The second-order valence-electron chi connectivity index (χ2n) is 9.47. The minimum Gasteiger partial charge on any atom is -0.481 e. The van der Waals surface area contributed by atoms with Crippen molar-refractivity contribution in [2.45, 2.75) is 39.9 Å². The fraction of sp³-hybridized carbons (Fsp3) is 0.188. The van der Waals surface area contributed by atoms with Crippen LogP contribution in [0.5, 0.6) is 11.5 Å². The summed E-state index contributed by atoms with van der Waals surface area (Å²) in [6, 6.07) is 25.4. The van der Waals surface area contributed by atoms with Crippen molar-refractivity contribution in [3.63, 3.8) is 0 Å². The van der Waals surface area contributed by atoms with Gasteiger partial charge in [0.25, 0.3) is 11.8 Å².